The van der Waals surface area contributed by atoms with E-state index in [0.29, 0.717) is 6.07 Å². The Bertz CT molecular complexity index is 427. The van der Waals surface area contributed by atoms with Crippen LogP contribution in [0.25, 0.3) is 0 Å². The standard InChI is InChI=1S/C10H8F3NO2/c1-2-9(15)16-8-5-6(10(11,12)13)3-4-7(8)14/h2-5H,1,14H2. The Balaban J connectivity index is 3.09. The molecule has 0 atom stereocenters. The van der Waals surface area contributed by atoms with Crippen molar-refractivity contribution in [3.8, 4) is 5.75 Å². The molecule has 6 heteroatoms. The second kappa shape index (κ2) is 4.26. The van der Waals surface area contributed by atoms with Crippen LogP contribution in [0, 0.1) is 0 Å². The molecular formula is C10H8F3NO2. The van der Waals surface area contributed by atoms with E-state index in [1.54, 1.807) is 0 Å². The monoisotopic (exact) mass is 231 g/mol. The number of benzene rings is 1. The highest BCUT2D eigenvalue weighted by molar-refractivity contribution is 5.84. The predicted octanol–water partition coefficient (Wildman–Crippen LogP) is 2.38. The molecular weight excluding hydrogens is 223 g/mol. The van der Waals surface area contributed by atoms with Crippen molar-refractivity contribution in [2.75, 3.05) is 5.73 Å². The smallest absolute Gasteiger partial charge is 0.416 e. The number of ether oxygens (including phenoxy) is 1. The quantitative estimate of drug-likeness (QED) is 0.368. The maximum atomic E-state index is 12.3. The van der Waals surface area contributed by atoms with Crippen LogP contribution in [0.1, 0.15) is 5.56 Å². The fraction of sp³-hybridized carbons (Fsp3) is 0.100. The van der Waals surface area contributed by atoms with E-state index in [2.05, 4.69) is 11.3 Å². The Morgan fingerprint density at radius 3 is 2.56 bits per heavy atom. The molecule has 0 spiro atoms. The highest BCUT2D eigenvalue weighted by Crippen LogP contribution is 2.34. The van der Waals surface area contributed by atoms with Gasteiger partial charge < -0.3 is 10.5 Å². The molecule has 1 aromatic rings. The fourth-order valence-corrected chi connectivity index (χ4v) is 0.949. The molecule has 0 fully saturated rings. The van der Waals surface area contributed by atoms with Gasteiger partial charge in [-0.1, -0.05) is 6.58 Å². The molecule has 0 heterocycles. The van der Waals surface area contributed by atoms with Gasteiger partial charge in [0, 0.05) is 6.08 Å². The lowest BCUT2D eigenvalue weighted by Crippen LogP contribution is -2.09. The van der Waals surface area contributed by atoms with Crippen LogP contribution in [-0.2, 0) is 11.0 Å². The average molecular weight is 231 g/mol. The summed E-state index contributed by atoms with van der Waals surface area (Å²) >= 11 is 0. The molecule has 16 heavy (non-hydrogen) atoms. The molecule has 0 aromatic heterocycles. The number of esters is 1. The third kappa shape index (κ3) is 2.75. The summed E-state index contributed by atoms with van der Waals surface area (Å²) in [5.74, 6) is -1.20. The number of anilines is 1. The second-order valence-electron chi connectivity index (χ2n) is 2.88. The normalized spacial score (nSPS) is 10.9. The van der Waals surface area contributed by atoms with E-state index >= 15 is 0 Å². The van der Waals surface area contributed by atoms with E-state index in [1.165, 1.54) is 0 Å². The lowest BCUT2D eigenvalue weighted by molar-refractivity contribution is -0.138. The highest BCUT2D eigenvalue weighted by Gasteiger charge is 2.31. The first-order valence-corrected chi connectivity index (χ1v) is 4.15. The van der Waals surface area contributed by atoms with Gasteiger partial charge in [-0.2, -0.15) is 13.2 Å². The van der Waals surface area contributed by atoms with Crippen LogP contribution in [0.5, 0.6) is 5.75 Å². The molecule has 0 aliphatic heterocycles. The number of alkyl halides is 3. The molecule has 0 saturated carbocycles. The number of nitrogens with two attached hydrogens (primary N) is 1. The van der Waals surface area contributed by atoms with Gasteiger partial charge in [-0.15, -0.1) is 0 Å². The lowest BCUT2D eigenvalue weighted by atomic mass is 10.2. The van der Waals surface area contributed by atoms with Gasteiger partial charge in [-0.3, -0.25) is 0 Å². The Hall–Kier alpha value is -1.98. The van der Waals surface area contributed by atoms with Crippen molar-refractivity contribution in [3.63, 3.8) is 0 Å². The molecule has 0 amide bonds. The van der Waals surface area contributed by atoms with Gasteiger partial charge in [0.1, 0.15) is 0 Å². The second-order valence-corrected chi connectivity index (χ2v) is 2.88. The predicted molar refractivity (Wildman–Crippen MR) is 51.7 cm³/mol. The zero-order chi connectivity index (χ0) is 12.3. The van der Waals surface area contributed by atoms with E-state index in [1.807, 2.05) is 0 Å². The third-order valence-electron chi connectivity index (χ3n) is 1.72. The largest absolute Gasteiger partial charge is 0.421 e. The molecule has 0 unspecified atom stereocenters. The summed E-state index contributed by atoms with van der Waals surface area (Å²) in [5, 5.41) is 0. The molecule has 3 nitrogen and oxygen atoms in total. The summed E-state index contributed by atoms with van der Waals surface area (Å²) in [7, 11) is 0. The maximum absolute atomic E-state index is 12.3. The fourth-order valence-electron chi connectivity index (χ4n) is 0.949. The Kier molecular flexibility index (Phi) is 3.22. The van der Waals surface area contributed by atoms with Gasteiger partial charge in [-0.25, -0.2) is 4.79 Å². The lowest BCUT2D eigenvalue weighted by Gasteiger charge is -2.10. The zero-order valence-corrected chi connectivity index (χ0v) is 8.04. The van der Waals surface area contributed by atoms with Crippen molar-refractivity contribution < 1.29 is 22.7 Å². The number of rotatable bonds is 2. The summed E-state index contributed by atoms with van der Waals surface area (Å²) < 4.78 is 41.5. The van der Waals surface area contributed by atoms with Crippen LogP contribution in [0.3, 0.4) is 0 Å². The Morgan fingerprint density at radius 2 is 2.06 bits per heavy atom. The number of hydrogen-bond donors (Lipinski definition) is 1. The first kappa shape index (κ1) is 12.1. The van der Waals surface area contributed by atoms with Crippen LogP contribution in [-0.4, -0.2) is 5.97 Å². The number of carbonyl (C=O) groups is 1. The summed E-state index contributed by atoms with van der Waals surface area (Å²) in [5.41, 5.74) is 4.37. The van der Waals surface area contributed by atoms with Crippen LogP contribution >= 0.6 is 0 Å². The van der Waals surface area contributed by atoms with Crippen molar-refractivity contribution in [2.45, 2.75) is 6.18 Å². The van der Waals surface area contributed by atoms with E-state index in [-0.39, 0.29) is 11.4 Å². The van der Waals surface area contributed by atoms with Crippen LogP contribution < -0.4 is 10.5 Å². The van der Waals surface area contributed by atoms with Crippen molar-refractivity contribution in [2.24, 2.45) is 0 Å². The first-order valence-electron chi connectivity index (χ1n) is 4.15. The van der Waals surface area contributed by atoms with Gasteiger partial charge in [0.25, 0.3) is 0 Å². The third-order valence-corrected chi connectivity index (χ3v) is 1.72. The van der Waals surface area contributed by atoms with Crippen molar-refractivity contribution in [1.82, 2.24) is 0 Å². The van der Waals surface area contributed by atoms with Gasteiger partial charge in [0.2, 0.25) is 0 Å². The molecule has 1 aromatic carbocycles. The minimum absolute atomic E-state index is 0.0526. The van der Waals surface area contributed by atoms with E-state index in [9.17, 15) is 18.0 Å². The van der Waals surface area contributed by atoms with Gasteiger partial charge >= 0.3 is 12.1 Å². The average Bonchev–Trinajstić information content (AvgIpc) is 2.19. The summed E-state index contributed by atoms with van der Waals surface area (Å²) in [6.07, 6.45) is -3.68. The summed E-state index contributed by atoms with van der Waals surface area (Å²) in [6, 6.07) is 2.49. The van der Waals surface area contributed by atoms with E-state index in [4.69, 9.17) is 5.73 Å². The van der Waals surface area contributed by atoms with Crippen LogP contribution in [0.2, 0.25) is 0 Å². The van der Waals surface area contributed by atoms with Gasteiger partial charge in [-0.05, 0) is 18.2 Å². The molecule has 0 aliphatic rings. The van der Waals surface area contributed by atoms with E-state index < -0.39 is 17.7 Å². The molecule has 0 bridgehead atoms. The minimum atomic E-state index is -4.51. The van der Waals surface area contributed by atoms with Crippen molar-refractivity contribution in [1.29, 1.82) is 0 Å². The van der Waals surface area contributed by atoms with Crippen LogP contribution in [0.15, 0.2) is 30.9 Å². The molecule has 0 aliphatic carbocycles. The first-order chi connectivity index (χ1) is 7.34. The molecule has 0 radical (unpaired) electrons. The summed E-state index contributed by atoms with van der Waals surface area (Å²) in [4.78, 5) is 10.8. The Labute approximate surface area is 89.3 Å². The van der Waals surface area contributed by atoms with Gasteiger partial charge in [0.05, 0.1) is 11.3 Å². The zero-order valence-electron chi connectivity index (χ0n) is 8.04. The molecule has 86 valence electrons. The minimum Gasteiger partial charge on any atom is -0.421 e. The van der Waals surface area contributed by atoms with Crippen molar-refractivity contribution >= 4 is 11.7 Å². The number of hydrogen-bond acceptors (Lipinski definition) is 3. The topological polar surface area (TPSA) is 52.3 Å². The van der Waals surface area contributed by atoms with E-state index in [0.717, 1.165) is 18.2 Å². The SMILES string of the molecule is C=CC(=O)Oc1cc(C(F)(F)F)ccc1N. The van der Waals surface area contributed by atoms with Crippen molar-refractivity contribution in [3.05, 3.63) is 36.4 Å². The van der Waals surface area contributed by atoms with Crippen LogP contribution in [0.4, 0.5) is 18.9 Å². The number of carbonyl (C=O) groups excluding carboxylic acids is 1. The summed E-state index contributed by atoms with van der Waals surface area (Å²) in [6.45, 7) is 3.12. The maximum Gasteiger partial charge on any atom is 0.416 e. The molecule has 2 N–H and O–H groups in total. The number of halogens is 3. The highest BCUT2D eigenvalue weighted by atomic mass is 19.4. The van der Waals surface area contributed by atoms with Gasteiger partial charge in [0.15, 0.2) is 5.75 Å². The number of nitrogen functional groups attached to an aromatic ring is 1. The molecule has 0 saturated heterocycles. The Morgan fingerprint density at radius 1 is 1.44 bits per heavy atom. The molecule has 1 rings (SSSR count).